The molecule has 0 spiro atoms. The number of anilines is 1. The van der Waals surface area contributed by atoms with E-state index >= 15 is 0 Å². The minimum Gasteiger partial charge on any atom is -0.497 e. The minimum atomic E-state index is -0.570. The fourth-order valence-electron chi connectivity index (χ4n) is 1.89. The third-order valence-electron chi connectivity index (χ3n) is 3.03. The second kappa shape index (κ2) is 6.22. The highest BCUT2D eigenvalue weighted by molar-refractivity contribution is 9.10. The van der Waals surface area contributed by atoms with E-state index in [0.29, 0.717) is 5.75 Å². The molecule has 0 aliphatic rings. The van der Waals surface area contributed by atoms with Crippen LogP contribution in [0.5, 0.6) is 5.75 Å². The normalized spacial score (nSPS) is 10.4. The molecule has 2 rings (SSSR count). The smallest absolute Gasteiger partial charge is 0.145 e. The zero-order chi connectivity index (χ0) is 14.7. The lowest BCUT2D eigenvalue weighted by molar-refractivity contribution is 0.415. The lowest BCUT2D eigenvalue weighted by atomic mass is 10.1. The summed E-state index contributed by atoms with van der Waals surface area (Å²) in [7, 11) is 3.35. The highest BCUT2D eigenvalue weighted by Crippen LogP contribution is 2.26. The minimum absolute atomic E-state index is 0.0321. The van der Waals surface area contributed by atoms with Crippen molar-refractivity contribution in [2.24, 2.45) is 0 Å². The van der Waals surface area contributed by atoms with Crippen molar-refractivity contribution in [3.05, 3.63) is 58.1 Å². The van der Waals surface area contributed by atoms with Crippen molar-refractivity contribution in [1.82, 2.24) is 0 Å². The molecule has 0 saturated heterocycles. The SMILES string of the molecule is COc1cccc(N(C)Cc2c(F)ccc(Br)c2F)c1. The maximum absolute atomic E-state index is 13.9. The molecular formula is C15H14BrF2NO. The molecule has 2 aromatic rings. The molecule has 0 heterocycles. The van der Waals surface area contributed by atoms with Crippen molar-refractivity contribution in [1.29, 1.82) is 0 Å². The average molecular weight is 342 g/mol. The van der Waals surface area contributed by atoms with Gasteiger partial charge in [-0.15, -0.1) is 0 Å². The first-order valence-electron chi connectivity index (χ1n) is 6.00. The summed E-state index contributed by atoms with van der Waals surface area (Å²) in [6, 6.07) is 9.93. The molecule has 106 valence electrons. The molecule has 0 radical (unpaired) electrons. The monoisotopic (exact) mass is 341 g/mol. The van der Waals surface area contributed by atoms with E-state index in [2.05, 4.69) is 15.9 Å². The molecule has 0 N–H and O–H groups in total. The summed E-state index contributed by atoms with van der Waals surface area (Å²) in [5, 5.41) is 0. The van der Waals surface area contributed by atoms with Crippen molar-refractivity contribution in [2.45, 2.75) is 6.54 Å². The molecule has 0 saturated carbocycles. The molecule has 2 aromatic carbocycles. The van der Waals surface area contributed by atoms with Gasteiger partial charge in [0.05, 0.1) is 11.6 Å². The molecule has 0 aliphatic carbocycles. The van der Waals surface area contributed by atoms with Crippen LogP contribution in [0.25, 0.3) is 0 Å². The zero-order valence-corrected chi connectivity index (χ0v) is 12.7. The van der Waals surface area contributed by atoms with E-state index in [9.17, 15) is 8.78 Å². The van der Waals surface area contributed by atoms with Crippen LogP contribution < -0.4 is 9.64 Å². The quantitative estimate of drug-likeness (QED) is 0.765. The predicted molar refractivity (Wildman–Crippen MR) is 79.2 cm³/mol. The molecule has 0 unspecified atom stereocenters. The van der Waals surface area contributed by atoms with Crippen LogP contribution in [-0.4, -0.2) is 14.2 Å². The Hall–Kier alpha value is -1.62. The molecule has 5 heteroatoms. The summed E-state index contributed by atoms with van der Waals surface area (Å²) in [5.41, 5.74) is 0.854. The maximum Gasteiger partial charge on any atom is 0.145 e. The lowest BCUT2D eigenvalue weighted by Gasteiger charge is -2.21. The molecule has 0 bridgehead atoms. The van der Waals surface area contributed by atoms with Gasteiger partial charge in [-0.05, 0) is 40.2 Å². The summed E-state index contributed by atoms with van der Waals surface area (Å²) in [6.45, 7) is 0.129. The Labute approximate surface area is 125 Å². The fraction of sp³-hybridized carbons (Fsp3) is 0.200. The van der Waals surface area contributed by atoms with Gasteiger partial charge in [-0.25, -0.2) is 8.78 Å². The second-order valence-electron chi connectivity index (χ2n) is 4.38. The van der Waals surface area contributed by atoms with Gasteiger partial charge in [0.25, 0.3) is 0 Å². The van der Waals surface area contributed by atoms with Crippen molar-refractivity contribution in [2.75, 3.05) is 19.1 Å². The average Bonchev–Trinajstić information content (AvgIpc) is 2.47. The zero-order valence-electron chi connectivity index (χ0n) is 11.2. The third-order valence-corrected chi connectivity index (χ3v) is 3.64. The Morgan fingerprint density at radius 1 is 1.20 bits per heavy atom. The fourth-order valence-corrected chi connectivity index (χ4v) is 2.26. The number of nitrogens with zero attached hydrogens (tertiary/aromatic N) is 1. The van der Waals surface area contributed by atoms with Crippen molar-refractivity contribution in [3.8, 4) is 5.75 Å². The van der Waals surface area contributed by atoms with E-state index in [-0.39, 0.29) is 16.6 Å². The van der Waals surface area contributed by atoms with Crippen LogP contribution in [0.2, 0.25) is 0 Å². The second-order valence-corrected chi connectivity index (χ2v) is 5.23. The van der Waals surface area contributed by atoms with E-state index < -0.39 is 11.6 Å². The summed E-state index contributed by atoms with van der Waals surface area (Å²) in [4.78, 5) is 1.76. The first-order chi connectivity index (χ1) is 9.52. The summed E-state index contributed by atoms with van der Waals surface area (Å²) in [6.07, 6.45) is 0. The van der Waals surface area contributed by atoms with Crippen LogP contribution in [0.1, 0.15) is 5.56 Å². The van der Waals surface area contributed by atoms with Crippen LogP contribution in [0.15, 0.2) is 40.9 Å². The van der Waals surface area contributed by atoms with Gasteiger partial charge >= 0.3 is 0 Å². The number of methoxy groups -OCH3 is 1. The van der Waals surface area contributed by atoms with E-state index in [4.69, 9.17) is 4.74 Å². The molecular weight excluding hydrogens is 328 g/mol. The van der Waals surface area contributed by atoms with Crippen LogP contribution in [-0.2, 0) is 6.54 Å². The third kappa shape index (κ3) is 3.10. The van der Waals surface area contributed by atoms with Crippen LogP contribution >= 0.6 is 15.9 Å². The van der Waals surface area contributed by atoms with Gasteiger partial charge in [0.2, 0.25) is 0 Å². The first-order valence-corrected chi connectivity index (χ1v) is 6.79. The van der Waals surface area contributed by atoms with Crippen molar-refractivity contribution < 1.29 is 13.5 Å². The standard InChI is InChI=1S/C15H14BrF2NO/c1-19(10-4-3-5-11(8-10)20-2)9-12-14(17)7-6-13(16)15(12)18/h3-8H,9H2,1-2H3. The van der Waals surface area contributed by atoms with Crippen LogP contribution in [0.3, 0.4) is 0 Å². The van der Waals surface area contributed by atoms with Crippen molar-refractivity contribution >= 4 is 21.6 Å². The first kappa shape index (κ1) is 14.8. The lowest BCUT2D eigenvalue weighted by Crippen LogP contribution is -2.18. The summed E-state index contributed by atoms with van der Waals surface area (Å²) >= 11 is 3.07. The molecule has 20 heavy (non-hydrogen) atoms. The Kier molecular flexibility index (Phi) is 4.60. The number of ether oxygens (including phenoxy) is 1. The van der Waals surface area contributed by atoms with Gasteiger partial charge in [0.15, 0.2) is 0 Å². The van der Waals surface area contributed by atoms with Crippen molar-refractivity contribution in [3.63, 3.8) is 0 Å². The topological polar surface area (TPSA) is 12.5 Å². The largest absolute Gasteiger partial charge is 0.497 e. The van der Waals surface area contributed by atoms with E-state index in [0.717, 1.165) is 5.69 Å². The Bertz CT molecular complexity index is 619. The van der Waals surface area contributed by atoms with E-state index in [1.54, 1.807) is 19.1 Å². The number of hydrogen-bond acceptors (Lipinski definition) is 2. The Morgan fingerprint density at radius 2 is 1.95 bits per heavy atom. The molecule has 2 nitrogen and oxygen atoms in total. The highest BCUT2D eigenvalue weighted by Gasteiger charge is 2.14. The van der Waals surface area contributed by atoms with Gasteiger partial charge in [-0.2, -0.15) is 0 Å². The van der Waals surface area contributed by atoms with Gasteiger partial charge in [0, 0.05) is 30.9 Å². The predicted octanol–water partition coefficient (Wildman–Crippen LogP) is 4.37. The Morgan fingerprint density at radius 3 is 2.65 bits per heavy atom. The summed E-state index contributed by atoms with van der Waals surface area (Å²) in [5.74, 6) is -0.426. The number of benzene rings is 2. The summed E-state index contributed by atoms with van der Waals surface area (Å²) < 4.78 is 33.1. The molecule has 0 aromatic heterocycles. The number of halogens is 3. The molecule has 0 fully saturated rings. The highest BCUT2D eigenvalue weighted by atomic mass is 79.9. The molecule has 0 atom stereocenters. The van der Waals surface area contributed by atoms with Gasteiger partial charge in [-0.1, -0.05) is 6.07 Å². The maximum atomic E-state index is 13.9. The van der Waals surface area contributed by atoms with Crippen LogP contribution in [0.4, 0.5) is 14.5 Å². The van der Waals surface area contributed by atoms with E-state index in [1.807, 2.05) is 24.3 Å². The number of rotatable bonds is 4. The number of hydrogen-bond donors (Lipinski definition) is 0. The van der Waals surface area contributed by atoms with Gasteiger partial charge in [-0.3, -0.25) is 0 Å². The van der Waals surface area contributed by atoms with Gasteiger partial charge in [0.1, 0.15) is 17.4 Å². The Balaban J connectivity index is 2.27. The van der Waals surface area contributed by atoms with Gasteiger partial charge < -0.3 is 9.64 Å². The van der Waals surface area contributed by atoms with Crippen LogP contribution in [0, 0.1) is 11.6 Å². The molecule has 0 amide bonds. The molecule has 0 aliphatic heterocycles. The van der Waals surface area contributed by atoms with E-state index in [1.165, 1.54) is 12.1 Å².